The molecule has 2 unspecified atom stereocenters. The largest absolute Gasteiger partial charge is 0.494 e. The van der Waals surface area contributed by atoms with Crippen molar-refractivity contribution in [1.29, 1.82) is 0 Å². The van der Waals surface area contributed by atoms with Crippen molar-refractivity contribution in [2.24, 2.45) is 5.92 Å². The van der Waals surface area contributed by atoms with Gasteiger partial charge in [-0.2, -0.15) is 0 Å². The van der Waals surface area contributed by atoms with Crippen molar-refractivity contribution in [1.82, 2.24) is 9.80 Å². The van der Waals surface area contributed by atoms with Crippen LogP contribution in [-0.4, -0.2) is 68.6 Å². The van der Waals surface area contributed by atoms with Crippen LogP contribution in [0.2, 0.25) is 0 Å². The maximum Gasteiger partial charge on any atom is 0.166 e. The first-order chi connectivity index (χ1) is 14.6. The Balaban J connectivity index is 0.00000256. The highest BCUT2D eigenvalue weighted by atomic mass is 35.5. The zero-order valence-electron chi connectivity index (χ0n) is 19.2. The summed E-state index contributed by atoms with van der Waals surface area (Å²) >= 11 is 0. The zero-order chi connectivity index (χ0) is 21.3. The first-order valence-corrected chi connectivity index (χ1v) is 10.9. The maximum absolute atomic E-state index is 12.8. The predicted molar refractivity (Wildman–Crippen MR) is 135 cm³/mol. The summed E-state index contributed by atoms with van der Waals surface area (Å²) in [6, 6.07) is 17.9. The first kappa shape index (κ1) is 28.4. The summed E-state index contributed by atoms with van der Waals surface area (Å²) < 4.78 is 11.2. The van der Waals surface area contributed by atoms with E-state index in [1.54, 1.807) is 7.11 Å². The van der Waals surface area contributed by atoms with Crippen molar-refractivity contribution < 1.29 is 14.3 Å². The summed E-state index contributed by atoms with van der Waals surface area (Å²) in [5.74, 6) is 0.984. The second kappa shape index (κ2) is 14.5. The van der Waals surface area contributed by atoms with E-state index in [0.29, 0.717) is 6.61 Å². The zero-order valence-corrected chi connectivity index (χ0v) is 20.9. The number of carbonyl (C=O) groups is 1. The third kappa shape index (κ3) is 8.05. The van der Waals surface area contributed by atoms with Crippen LogP contribution in [0.1, 0.15) is 35.9 Å². The Morgan fingerprint density at radius 3 is 2.00 bits per heavy atom. The molecule has 3 rings (SSSR count). The van der Waals surface area contributed by atoms with Gasteiger partial charge in [0.25, 0.3) is 0 Å². The summed E-state index contributed by atoms with van der Waals surface area (Å²) in [5.41, 5.74) is 1.98. The minimum Gasteiger partial charge on any atom is -0.494 e. The van der Waals surface area contributed by atoms with E-state index in [1.807, 2.05) is 44.2 Å². The highest BCUT2D eigenvalue weighted by molar-refractivity contribution is 5.97. The molecule has 2 aromatic carbocycles. The minimum atomic E-state index is -0.0227. The van der Waals surface area contributed by atoms with Gasteiger partial charge in [0, 0.05) is 57.9 Å². The van der Waals surface area contributed by atoms with Gasteiger partial charge in [-0.3, -0.25) is 9.69 Å². The third-order valence-corrected chi connectivity index (χ3v) is 5.77. The lowest BCUT2D eigenvalue weighted by molar-refractivity contribution is 0.0392. The Labute approximate surface area is 204 Å². The van der Waals surface area contributed by atoms with E-state index in [-0.39, 0.29) is 42.6 Å². The molecule has 0 spiro atoms. The molecular weight excluding hydrogens is 447 g/mol. The number of nitrogens with zero attached hydrogens (tertiary/aromatic N) is 2. The number of rotatable bonds is 10. The number of methoxy groups -OCH3 is 1. The topological polar surface area (TPSA) is 42.0 Å². The Bertz CT molecular complexity index is 782. The van der Waals surface area contributed by atoms with Crippen molar-refractivity contribution in [3.63, 3.8) is 0 Å². The van der Waals surface area contributed by atoms with Gasteiger partial charge in [0.1, 0.15) is 5.75 Å². The Kier molecular flexibility index (Phi) is 12.9. The molecule has 2 atom stereocenters. The molecular formula is C25H36Cl2N2O3. The summed E-state index contributed by atoms with van der Waals surface area (Å²) in [5, 5.41) is 0. The van der Waals surface area contributed by atoms with Crippen LogP contribution in [0, 0.1) is 5.92 Å². The number of benzene rings is 2. The van der Waals surface area contributed by atoms with Gasteiger partial charge >= 0.3 is 0 Å². The molecule has 32 heavy (non-hydrogen) atoms. The van der Waals surface area contributed by atoms with Gasteiger partial charge in [-0.25, -0.2) is 0 Å². The molecule has 0 N–H and O–H groups in total. The second-order valence-electron chi connectivity index (χ2n) is 7.96. The fourth-order valence-corrected chi connectivity index (χ4v) is 4.01. The van der Waals surface area contributed by atoms with E-state index in [1.165, 1.54) is 5.56 Å². The third-order valence-electron chi connectivity index (χ3n) is 5.77. The van der Waals surface area contributed by atoms with Crippen LogP contribution in [0.3, 0.4) is 0 Å². The molecule has 1 fully saturated rings. The number of hydrogen-bond acceptors (Lipinski definition) is 5. The molecule has 1 aliphatic rings. The molecule has 1 aliphatic heterocycles. The molecule has 0 radical (unpaired) electrons. The van der Waals surface area contributed by atoms with E-state index in [2.05, 4.69) is 34.1 Å². The second-order valence-corrected chi connectivity index (χ2v) is 7.96. The minimum absolute atomic E-state index is 0. The van der Waals surface area contributed by atoms with Crippen molar-refractivity contribution in [2.45, 2.75) is 20.0 Å². The van der Waals surface area contributed by atoms with Gasteiger partial charge < -0.3 is 14.4 Å². The number of piperazine rings is 1. The van der Waals surface area contributed by atoms with Crippen molar-refractivity contribution in [3.8, 4) is 5.75 Å². The van der Waals surface area contributed by atoms with Crippen molar-refractivity contribution in [3.05, 3.63) is 65.7 Å². The predicted octanol–water partition coefficient (Wildman–Crippen LogP) is 4.75. The lowest BCUT2D eigenvalue weighted by Crippen LogP contribution is -2.49. The number of ether oxygens (including phenoxy) is 2. The highest BCUT2D eigenvalue weighted by Gasteiger charge is 2.24. The molecule has 0 bridgehead atoms. The lowest BCUT2D eigenvalue weighted by atomic mass is 9.98. The molecule has 0 aliphatic carbocycles. The first-order valence-electron chi connectivity index (χ1n) is 10.9. The summed E-state index contributed by atoms with van der Waals surface area (Å²) in [7, 11) is 1.78. The molecule has 1 saturated heterocycles. The molecule has 2 aromatic rings. The average Bonchev–Trinajstić information content (AvgIpc) is 2.79. The van der Waals surface area contributed by atoms with Gasteiger partial charge in [0.05, 0.1) is 12.7 Å². The molecule has 7 heteroatoms. The van der Waals surface area contributed by atoms with E-state index in [9.17, 15) is 4.79 Å². The Morgan fingerprint density at radius 1 is 0.906 bits per heavy atom. The monoisotopic (exact) mass is 482 g/mol. The molecule has 178 valence electrons. The Hall–Kier alpha value is -1.63. The highest BCUT2D eigenvalue weighted by Crippen LogP contribution is 2.20. The maximum atomic E-state index is 12.8. The smallest absolute Gasteiger partial charge is 0.166 e. The summed E-state index contributed by atoms with van der Waals surface area (Å²) in [6.07, 6.45) is 0.0953. The van der Waals surface area contributed by atoms with Crippen LogP contribution in [0.5, 0.6) is 5.75 Å². The SMILES string of the molecule is CCOc1ccc(C(=O)C(C)CN2CCN(CC(OC)c3ccccc3)CC2)cc1.Cl.Cl. The average molecular weight is 483 g/mol. The summed E-state index contributed by atoms with van der Waals surface area (Å²) in [6.45, 7) is 10.3. The van der Waals surface area contributed by atoms with Crippen LogP contribution in [0.4, 0.5) is 0 Å². The number of Topliss-reactive ketones (excluding diaryl/α,β-unsaturated/α-hetero) is 1. The van der Waals surface area contributed by atoms with Gasteiger partial charge in [-0.15, -0.1) is 24.8 Å². The van der Waals surface area contributed by atoms with Gasteiger partial charge in [-0.1, -0.05) is 37.3 Å². The number of carbonyl (C=O) groups excluding carboxylic acids is 1. The van der Waals surface area contributed by atoms with Gasteiger partial charge in [0.2, 0.25) is 0 Å². The summed E-state index contributed by atoms with van der Waals surface area (Å²) in [4.78, 5) is 17.7. The molecule has 0 amide bonds. The van der Waals surface area contributed by atoms with Crippen LogP contribution < -0.4 is 4.74 Å². The fourth-order valence-electron chi connectivity index (χ4n) is 4.01. The van der Waals surface area contributed by atoms with Gasteiger partial charge in [-0.05, 0) is 36.8 Å². The molecule has 0 aromatic heterocycles. The lowest BCUT2D eigenvalue weighted by Gasteiger charge is -2.37. The molecule has 0 saturated carbocycles. The van der Waals surface area contributed by atoms with Gasteiger partial charge in [0.15, 0.2) is 5.78 Å². The van der Waals surface area contributed by atoms with Crippen LogP contribution in [0.25, 0.3) is 0 Å². The van der Waals surface area contributed by atoms with E-state index in [0.717, 1.165) is 50.6 Å². The van der Waals surface area contributed by atoms with E-state index in [4.69, 9.17) is 9.47 Å². The normalized spacial score (nSPS) is 16.3. The number of ketones is 1. The number of hydrogen-bond donors (Lipinski definition) is 0. The quantitative estimate of drug-likeness (QED) is 0.456. The van der Waals surface area contributed by atoms with E-state index >= 15 is 0 Å². The Morgan fingerprint density at radius 2 is 1.47 bits per heavy atom. The standard InChI is InChI=1S/C25H34N2O3.2ClH/c1-4-30-23-12-10-22(11-13-23)25(28)20(2)18-26-14-16-27(17-15-26)19-24(29-3)21-8-6-5-7-9-21;;/h5-13,20,24H,4,14-19H2,1-3H3;2*1H. The molecule has 5 nitrogen and oxygen atoms in total. The van der Waals surface area contributed by atoms with Crippen molar-refractivity contribution >= 4 is 30.6 Å². The van der Waals surface area contributed by atoms with E-state index < -0.39 is 0 Å². The van der Waals surface area contributed by atoms with Crippen LogP contribution >= 0.6 is 24.8 Å². The number of halogens is 2. The molecule has 1 heterocycles. The van der Waals surface area contributed by atoms with Crippen molar-refractivity contribution in [2.75, 3.05) is 53.0 Å². The fraction of sp³-hybridized carbons (Fsp3) is 0.480. The van der Waals surface area contributed by atoms with Crippen LogP contribution in [0.15, 0.2) is 54.6 Å². The van der Waals surface area contributed by atoms with Crippen LogP contribution in [-0.2, 0) is 4.74 Å².